The molecule has 0 radical (unpaired) electrons. The summed E-state index contributed by atoms with van der Waals surface area (Å²) < 4.78 is 19.2. The van der Waals surface area contributed by atoms with E-state index in [9.17, 15) is 9.18 Å². The van der Waals surface area contributed by atoms with Gasteiger partial charge >= 0.3 is 0 Å². The van der Waals surface area contributed by atoms with E-state index in [4.69, 9.17) is 4.52 Å². The van der Waals surface area contributed by atoms with Crippen LogP contribution in [0.1, 0.15) is 42.7 Å². The van der Waals surface area contributed by atoms with Crippen LogP contribution in [0.15, 0.2) is 34.9 Å². The summed E-state index contributed by atoms with van der Waals surface area (Å²) in [5, 5.41) is 4.02. The molecule has 0 N–H and O–H groups in total. The number of aryl methyl sites for hydroxylation is 1. The summed E-state index contributed by atoms with van der Waals surface area (Å²) in [4.78, 5) is 17.6. The average molecular weight is 397 g/mol. The summed E-state index contributed by atoms with van der Waals surface area (Å²) in [5.41, 5.74) is 1.89. The second-order valence-corrected chi connectivity index (χ2v) is 9.05. The fourth-order valence-electron chi connectivity index (χ4n) is 5.88. The molecular formula is C23H28FN3O2. The number of amides is 1. The van der Waals surface area contributed by atoms with Crippen molar-refractivity contribution in [3.8, 4) is 0 Å². The molecule has 4 heterocycles. The highest BCUT2D eigenvalue weighted by Gasteiger charge is 2.49. The highest BCUT2D eigenvalue weighted by molar-refractivity contribution is 5.78. The first kappa shape index (κ1) is 18.8. The quantitative estimate of drug-likeness (QED) is 0.792. The maximum atomic E-state index is 13.8. The van der Waals surface area contributed by atoms with Gasteiger partial charge in [-0.05, 0) is 62.1 Å². The predicted molar refractivity (Wildman–Crippen MR) is 106 cm³/mol. The molecule has 154 valence electrons. The average Bonchev–Trinajstić information content (AvgIpc) is 3.10. The summed E-state index contributed by atoms with van der Waals surface area (Å²) in [6, 6.07) is 9.31. The molecule has 3 fully saturated rings. The molecule has 0 saturated carbocycles. The van der Waals surface area contributed by atoms with Gasteiger partial charge in [0.05, 0.1) is 12.2 Å². The van der Waals surface area contributed by atoms with Gasteiger partial charge in [0.1, 0.15) is 5.82 Å². The van der Waals surface area contributed by atoms with Gasteiger partial charge in [-0.3, -0.25) is 9.69 Å². The lowest BCUT2D eigenvalue weighted by Crippen LogP contribution is -2.65. The number of carbonyl (C=O) groups excluding carboxylic acids is 1. The van der Waals surface area contributed by atoms with Gasteiger partial charge in [0.2, 0.25) is 5.91 Å². The van der Waals surface area contributed by atoms with Crippen molar-refractivity contribution in [2.24, 2.45) is 11.8 Å². The first-order valence-electron chi connectivity index (χ1n) is 10.8. The zero-order valence-electron chi connectivity index (χ0n) is 16.9. The van der Waals surface area contributed by atoms with E-state index in [0.717, 1.165) is 62.3 Å². The van der Waals surface area contributed by atoms with E-state index >= 15 is 0 Å². The van der Waals surface area contributed by atoms with Crippen molar-refractivity contribution in [1.82, 2.24) is 15.0 Å². The third-order valence-electron chi connectivity index (χ3n) is 6.96. The molecule has 4 atom stereocenters. The van der Waals surface area contributed by atoms with Gasteiger partial charge < -0.3 is 9.42 Å². The van der Waals surface area contributed by atoms with E-state index in [1.54, 1.807) is 12.1 Å². The Balaban J connectivity index is 1.41. The molecule has 3 saturated heterocycles. The normalized spacial score (nSPS) is 29.7. The number of nitrogens with zero attached hydrogens (tertiary/aromatic N) is 3. The first-order valence-corrected chi connectivity index (χ1v) is 10.8. The maximum absolute atomic E-state index is 13.8. The van der Waals surface area contributed by atoms with Crippen molar-refractivity contribution in [3.63, 3.8) is 0 Å². The Morgan fingerprint density at radius 1 is 1.24 bits per heavy atom. The molecule has 5 nitrogen and oxygen atoms in total. The number of aromatic nitrogens is 1. The van der Waals surface area contributed by atoms with Crippen molar-refractivity contribution in [2.75, 3.05) is 13.1 Å². The Kier molecular flexibility index (Phi) is 4.90. The Bertz CT molecular complexity index is 898. The summed E-state index contributed by atoms with van der Waals surface area (Å²) in [7, 11) is 0. The Morgan fingerprint density at radius 2 is 2.10 bits per heavy atom. The van der Waals surface area contributed by atoms with Gasteiger partial charge in [0.15, 0.2) is 5.76 Å². The van der Waals surface area contributed by atoms with Crippen LogP contribution in [0, 0.1) is 24.6 Å². The monoisotopic (exact) mass is 397 g/mol. The van der Waals surface area contributed by atoms with Gasteiger partial charge in [0.25, 0.3) is 0 Å². The van der Waals surface area contributed by atoms with Crippen LogP contribution in [-0.2, 0) is 17.8 Å². The third kappa shape index (κ3) is 3.70. The van der Waals surface area contributed by atoms with Crippen LogP contribution in [0.2, 0.25) is 0 Å². The van der Waals surface area contributed by atoms with E-state index in [1.807, 2.05) is 19.1 Å². The van der Waals surface area contributed by atoms with E-state index in [1.165, 1.54) is 6.07 Å². The molecule has 1 amide bonds. The lowest BCUT2D eigenvalue weighted by atomic mass is 9.70. The van der Waals surface area contributed by atoms with Crippen LogP contribution in [0.3, 0.4) is 0 Å². The molecule has 5 rings (SSSR count). The van der Waals surface area contributed by atoms with Crippen LogP contribution in [0.5, 0.6) is 0 Å². The lowest BCUT2D eigenvalue weighted by Gasteiger charge is -2.56. The second kappa shape index (κ2) is 7.56. The fourth-order valence-corrected chi connectivity index (χ4v) is 5.88. The van der Waals surface area contributed by atoms with E-state index in [-0.39, 0.29) is 17.8 Å². The fraction of sp³-hybridized carbons (Fsp3) is 0.565. The van der Waals surface area contributed by atoms with Gasteiger partial charge in [-0.25, -0.2) is 4.39 Å². The lowest BCUT2D eigenvalue weighted by molar-refractivity contribution is -0.153. The maximum Gasteiger partial charge on any atom is 0.223 e. The molecule has 29 heavy (non-hydrogen) atoms. The molecule has 0 aliphatic carbocycles. The SMILES string of the molecule is Cc1cc(CN2C[C@H]3C[C@@H](C2)[C@H](Cc2cccc(F)c2)N2C(=O)CCC[C@@H]32)on1. The molecule has 2 bridgehead atoms. The van der Waals surface area contributed by atoms with Crippen LogP contribution in [-0.4, -0.2) is 46.0 Å². The van der Waals surface area contributed by atoms with E-state index in [0.29, 0.717) is 24.3 Å². The number of hydrogen-bond donors (Lipinski definition) is 0. The number of halogens is 1. The minimum atomic E-state index is -0.205. The van der Waals surface area contributed by atoms with Crippen molar-refractivity contribution >= 4 is 5.91 Å². The zero-order chi connectivity index (χ0) is 20.0. The molecule has 6 heteroatoms. The number of piperidine rings is 3. The van der Waals surface area contributed by atoms with Gasteiger partial charge in [0, 0.05) is 37.7 Å². The molecule has 0 spiro atoms. The summed E-state index contributed by atoms with van der Waals surface area (Å²) in [5.74, 6) is 1.89. The number of likely N-dealkylation sites (tertiary alicyclic amines) is 1. The smallest absolute Gasteiger partial charge is 0.223 e. The van der Waals surface area contributed by atoms with Crippen LogP contribution >= 0.6 is 0 Å². The second-order valence-electron chi connectivity index (χ2n) is 9.05. The van der Waals surface area contributed by atoms with Gasteiger partial charge in [-0.2, -0.15) is 0 Å². The van der Waals surface area contributed by atoms with Crippen molar-refractivity contribution in [1.29, 1.82) is 0 Å². The predicted octanol–water partition coefficient (Wildman–Crippen LogP) is 3.57. The topological polar surface area (TPSA) is 49.6 Å². The molecular weight excluding hydrogens is 369 g/mol. The first-order chi connectivity index (χ1) is 14.1. The number of rotatable bonds is 4. The Labute approximate surface area is 170 Å². The number of hydrogen-bond acceptors (Lipinski definition) is 4. The van der Waals surface area contributed by atoms with Crippen molar-refractivity contribution in [3.05, 3.63) is 53.2 Å². The zero-order valence-corrected chi connectivity index (χ0v) is 16.9. The summed E-state index contributed by atoms with van der Waals surface area (Å²) >= 11 is 0. The molecule has 1 aromatic heterocycles. The van der Waals surface area contributed by atoms with Crippen LogP contribution < -0.4 is 0 Å². The molecule has 1 aromatic carbocycles. The van der Waals surface area contributed by atoms with Crippen LogP contribution in [0.25, 0.3) is 0 Å². The number of fused-ring (bicyclic) bond motifs is 4. The Hall–Kier alpha value is -2.21. The molecule has 3 aliphatic heterocycles. The summed E-state index contributed by atoms with van der Waals surface area (Å²) in [6.07, 6.45) is 4.59. The van der Waals surface area contributed by atoms with Crippen molar-refractivity contribution < 1.29 is 13.7 Å². The van der Waals surface area contributed by atoms with E-state index < -0.39 is 0 Å². The van der Waals surface area contributed by atoms with Crippen molar-refractivity contribution in [2.45, 2.75) is 57.7 Å². The molecule has 2 aromatic rings. The van der Waals surface area contributed by atoms with Crippen LogP contribution in [0.4, 0.5) is 4.39 Å². The number of benzene rings is 1. The minimum Gasteiger partial charge on any atom is -0.360 e. The standard InChI is InChI=1S/C23H28FN3O2/c1-15-8-20(29-25-15)14-26-12-17-11-18(13-26)22(10-16-4-2-5-19(24)9-16)27-21(17)6-3-7-23(27)28/h2,4-5,8-9,17-18,21-22H,3,6-7,10-14H2,1H3/t17-,18+,21+,22+/m1/s1. The number of carbonyl (C=O) groups is 1. The Morgan fingerprint density at radius 3 is 2.90 bits per heavy atom. The summed E-state index contributed by atoms with van der Waals surface area (Å²) in [6.45, 7) is 4.64. The van der Waals surface area contributed by atoms with Gasteiger partial charge in [-0.1, -0.05) is 17.3 Å². The van der Waals surface area contributed by atoms with E-state index in [2.05, 4.69) is 15.0 Å². The highest BCUT2D eigenvalue weighted by atomic mass is 19.1. The highest BCUT2D eigenvalue weighted by Crippen LogP contribution is 2.42. The molecule has 3 aliphatic rings. The largest absolute Gasteiger partial charge is 0.360 e. The molecule has 0 unspecified atom stereocenters. The van der Waals surface area contributed by atoms with Gasteiger partial charge in [-0.15, -0.1) is 0 Å². The minimum absolute atomic E-state index is 0.144. The third-order valence-corrected chi connectivity index (χ3v) is 6.96.